The van der Waals surface area contributed by atoms with Gasteiger partial charge in [-0.15, -0.1) is 0 Å². The highest BCUT2D eigenvalue weighted by Gasteiger charge is 2.40. The molecule has 2 N–H and O–H groups in total. The summed E-state index contributed by atoms with van der Waals surface area (Å²) in [7, 11) is 4.85. The predicted molar refractivity (Wildman–Crippen MR) is 103 cm³/mol. The Morgan fingerprint density at radius 2 is 1.56 bits per heavy atom. The van der Waals surface area contributed by atoms with E-state index in [4.69, 9.17) is 19.9 Å². The molecule has 150 valence electrons. The van der Waals surface area contributed by atoms with Crippen LogP contribution < -0.4 is 19.9 Å². The fraction of sp³-hybridized carbons (Fsp3) is 0.650. The summed E-state index contributed by atoms with van der Waals surface area (Å²) >= 11 is 0. The maximum atomic E-state index is 12.8. The van der Waals surface area contributed by atoms with Gasteiger partial charge in [-0.05, 0) is 30.5 Å². The van der Waals surface area contributed by atoms with E-state index >= 15 is 0 Å². The van der Waals surface area contributed by atoms with Crippen molar-refractivity contribution in [3.8, 4) is 17.2 Å². The number of amides is 1. The second-order valence-electron chi connectivity index (χ2n) is 7.47. The number of methoxy groups -OCH3 is 3. The number of ether oxygens (including phenoxy) is 3. The highest BCUT2D eigenvalue weighted by molar-refractivity contribution is 5.86. The van der Waals surface area contributed by atoms with Gasteiger partial charge in [0.1, 0.15) is 0 Å². The minimum atomic E-state index is -0.626. The van der Waals surface area contributed by atoms with E-state index in [9.17, 15) is 4.79 Å². The lowest BCUT2D eigenvalue weighted by Gasteiger charge is -2.38. The van der Waals surface area contributed by atoms with Gasteiger partial charge < -0.3 is 24.8 Å². The third-order valence-electron chi connectivity index (χ3n) is 5.71. The van der Waals surface area contributed by atoms with Gasteiger partial charge in [0, 0.05) is 32.7 Å². The second kappa shape index (κ2) is 8.35. The van der Waals surface area contributed by atoms with E-state index in [0.29, 0.717) is 17.2 Å². The van der Waals surface area contributed by atoms with Gasteiger partial charge in [-0.1, -0.05) is 12.8 Å². The van der Waals surface area contributed by atoms with E-state index < -0.39 is 5.54 Å². The van der Waals surface area contributed by atoms with E-state index in [1.54, 1.807) is 21.3 Å². The van der Waals surface area contributed by atoms with E-state index in [-0.39, 0.29) is 5.91 Å². The van der Waals surface area contributed by atoms with Gasteiger partial charge in [0.05, 0.1) is 26.9 Å². The number of nitrogens with zero attached hydrogens (tertiary/aromatic N) is 2. The molecule has 1 amide bonds. The Bertz CT molecular complexity index is 640. The smallest absolute Gasteiger partial charge is 0.242 e. The molecular formula is C20H31N3O4. The Morgan fingerprint density at radius 1 is 1.00 bits per heavy atom. The molecule has 0 radical (unpaired) electrons. The van der Waals surface area contributed by atoms with Crippen molar-refractivity contribution in [1.82, 2.24) is 9.80 Å². The molecule has 0 atom stereocenters. The van der Waals surface area contributed by atoms with Crippen molar-refractivity contribution in [2.45, 2.75) is 37.8 Å². The Hall–Kier alpha value is -1.99. The standard InChI is InChI=1S/C20H31N3O4/c1-25-16-12-15(13-17(26-2)18(16)27-3)14-22-8-10-23(11-9-22)19(24)20(21)6-4-5-7-20/h12-13H,4-11,14,21H2,1-3H3. The molecule has 0 spiro atoms. The van der Waals surface area contributed by atoms with Crippen molar-refractivity contribution < 1.29 is 19.0 Å². The van der Waals surface area contributed by atoms with Crippen LogP contribution in [0, 0.1) is 0 Å². The zero-order chi connectivity index (χ0) is 19.4. The van der Waals surface area contributed by atoms with Crippen LogP contribution in [0.1, 0.15) is 31.2 Å². The third-order valence-corrected chi connectivity index (χ3v) is 5.71. The number of carbonyl (C=O) groups excluding carboxylic acids is 1. The topological polar surface area (TPSA) is 77.3 Å². The summed E-state index contributed by atoms with van der Waals surface area (Å²) in [6.07, 6.45) is 3.75. The molecule has 1 saturated carbocycles. The lowest BCUT2D eigenvalue weighted by Crippen LogP contribution is -2.58. The third kappa shape index (κ3) is 4.14. The van der Waals surface area contributed by atoms with Gasteiger partial charge in [0.2, 0.25) is 11.7 Å². The number of benzene rings is 1. The lowest BCUT2D eigenvalue weighted by atomic mass is 9.97. The van der Waals surface area contributed by atoms with Gasteiger partial charge in [0.15, 0.2) is 11.5 Å². The predicted octanol–water partition coefficient (Wildman–Crippen LogP) is 1.63. The molecule has 0 aromatic heterocycles. The number of piperazine rings is 1. The minimum Gasteiger partial charge on any atom is -0.493 e. The van der Waals surface area contributed by atoms with Crippen LogP contribution in [0.3, 0.4) is 0 Å². The normalized spacial score (nSPS) is 19.8. The van der Waals surface area contributed by atoms with Gasteiger partial charge in [0.25, 0.3) is 0 Å². The fourth-order valence-corrected chi connectivity index (χ4v) is 4.13. The summed E-state index contributed by atoms with van der Waals surface area (Å²) in [5.41, 5.74) is 6.81. The molecule has 27 heavy (non-hydrogen) atoms. The molecule has 2 fully saturated rings. The molecular weight excluding hydrogens is 346 g/mol. The van der Waals surface area contributed by atoms with Crippen molar-refractivity contribution in [2.75, 3.05) is 47.5 Å². The van der Waals surface area contributed by atoms with Crippen LogP contribution in [-0.2, 0) is 11.3 Å². The average Bonchev–Trinajstić information content (AvgIpc) is 3.15. The molecule has 1 saturated heterocycles. The highest BCUT2D eigenvalue weighted by atomic mass is 16.5. The van der Waals surface area contributed by atoms with Crippen LogP contribution >= 0.6 is 0 Å². The van der Waals surface area contributed by atoms with Gasteiger partial charge in [-0.2, -0.15) is 0 Å². The first-order valence-corrected chi connectivity index (χ1v) is 9.60. The number of nitrogens with two attached hydrogens (primary N) is 1. The van der Waals surface area contributed by atoms with E-state index in [0.717, 1.165) is 64.0 Å². The zero-order valence-electron chi connectivity index (χ0n) is 16.6. The SMILES string of the molecule is COc1cc(CN2CCN(C(=O)C3(N)CCCC3)CC2)cc(OC)c1OC. The fourth-order valence-electron chi connectivity index (χ4n) is 4.13. The van der Waals surface area contributed by atoms with Crippen LogP contribution in [0.15, 0.2) is 12.1 Å². The van der Waals surface area contributed by atoms with Crippen molar-refractivity contribution in [2.24, 2.45) is 5.73 Å². The Morgan fingerprint density at radius 3 is 2.04 bits per heavy atom. The summed E-state index contributed by atoms with van der Waals surface area (Å²) in [6.45, 7) is 3.88. The molecule has 1 aromatic rings. The first-order valence-electron chi connectivity index (χ1n) is 9.60. The molecule has 2 aliphatic rings. The van der Waals surface area contributed by atoms with Crippen molar-refractivity contribution in [3.63, 3.8) is 0 Å². The number of carbonyl (C=O) groups is 1. The number of rotatable bonds is 6. The molecule has 7 heteroatoms. The minimum absolute atomic E-state index is 0.132. The Balaban J connectivity index is 1.61. The van der Waals surface area contributed by atoms with Crippen molar-refractivity contribution in [1.29, 1.82) is 0 Å². The van der Waals surface area contributed by atoms with Crippen molar-refractivity contribution >= 4 is 5.91 Å². The second-order valence-corrected chi connectivity index (χ2v) is 7.47. The van der Waals surface area contributed by atoms with Crippen LogP contribution in [0.2, 0.25) is 0 Å². The van der Waals surface area contributed by atoms with Crippen LogP contribution in [0.5, 0.6) is 17.2 Å². The van der Waals surface area contributed by atoms with Crippen LogP contribution in [-0.4, -0.2) is 68.8 Å². The molecule has 0 bridgehead atoms. The highest BCUT2D eigenvalue weighted by Crippen LogP contribution is 2.38. The van der Waals surface area contributed by atoms with Gasteiger partial charge >= 0.3 is 0 Å². The Kier molecular flexibility index (Phi) is 6.11. The average molecular weight is 377 g/mol. The maximum absolute atomic E-state index is 12.8. The van der Waals surface area contributed by atoms with Gasteiger partial charge in [-0.25, -0.2) is 0 Å². The summed E-state index contributed by atoms with van der Waals surface area (Å²) < 4.78 is 16.3. The van der Waals surface area contributed by atoms with E-state index in [1.165, 1.54) is 0 Å². The number of hydrogen-bond donors (Lipinski definition) is 1. The molecule has 1 aliphatic heterocycles. The summed E-state index contributed by atoms with van der Waals surface area (Å²) in [5, 5.41) is 0. The van der Waals surface area contributed by atoms with Crippen molar-refractivity contribution in [3.05, 3.63) is 17.7 Å². The Labute approximate surface area is 161 Å². The lowest BCUT2D eigenvalue weighted by molar-refractivity contribution is -0.138. The first kappa shape index (κ1) is 19.8. The molecule has 0 unspecified atom stereocenters. The zero-order valence-corrected chi connectivity index (χ0v) is 16.6. The molecule has 1 aliphatic carbocycles. The molecule has 7 nitrogen and oxygen atoms in total. The van der Waals surface area contributed by atoms with E-state index in [1.807, 2.05) is 17.0 Å². The summed E-state index contributed by atoms with van der Waals surface area (Å²) in [5.74, 6) is 2.05. The van der Waals surface area contributed by atoms with Crippen LogP contribution in [0.4, 0.5) is 0 Å². The van der Waals surface area contributed by atoms with Crippen LogP contribution in [0.25, 0.3) is 0 Å². The quantitative estimate of drug-likeness (QED) is 0.812. The van der Waals surface area contributed by atoms with Gasteiger partial charge in [-0.3, -0.25) is 9.69 Å². The molecule has 1 heterocycles. The number of hydrogen-bond acceptors (Lipinski definition) is 6. The maximum Gasteiger partial charge on any atom is 0.242 e. The monoisotopic (exact) mass is 377 g/mol. The first-order chi connectivity index (χ1) is 13.0. The molecule has 3 rings (SSSR count). The molecule has 1 aromatic carbocycles. The summed E-state index contributed by atoms with van der Waals surface area (Å²) in [6, 6.07) is 3.96. The summed E-state index contributed by atoms with van der Waals surface area (Å²) in [4.78, 5) is 17.0. The largest absolute Gasteiger partial charge is 0.493 e. The van der Waals surface area contributed by atoms with E-state index in [2.05, 4.69) is 4.90 Å².